The third kappa shape index (κ3) is 4.30. The first kappa shape index (κ1) is 25.5. The minimum Gasteiger partial charge on any atom is -0.456 e. The van der Waals surface area contributed by atoms with Crippen LogP contribution in [0.25, 0.3) is 54.6 Å². The van der Waals surface area contributed by atoms with E-state index >= 15 is 0 Å². The van der Waals surface area contributed by atoms with Gasteiger partial charge in [-0.25, -0.2) is 9.98 Å². The Morgan fingerprint density at radius 1 is 0.511 bits per heavy atom. The Hall–Kier alpha value is -6.00. The van der Waals surface area contributed by atoms with Gasteiger partial charge in [0.2, 0.25) is 0 Å². The normalized spacial score (nSPS) is 14.9. The van der Waals surface area contributed by atoms with E-state index in [1.807, 2.05) is 48.5 Å². The van der Waals surface area contributed by atoms with Crippen molar-refractivity contribution < 1.29 is 4.42 Å². The second kappa shape index (κ2) is 10.3. The Kier molecular flexibility index (Phi) is 5.85. The highest BCUT2D eigenvalue weighted by Gasteiger charge is 2.23. The van der Waals surface area contributed by atoms with Crippen molar-refractivity contribution in [3.63, 3.8) is 0 Å². The average Bonchev–Trinajstić information content (AvgIpc) is 3.50. The van der Waals surface area contributed by atoms with Crippen LogP contribution >= 0.6 is 0 Å². The fraction of sp³-hybridized carbons (Fsp3) is 0.0244. The number of nitrogens with zero attached hydrogens (tertiary/aromatic N) is 2. The first-order valence-electron chi connectivity index (χ1n) is 15.2. The van der Waals surface area contributed by atoms with Gasteiger partial charge in [0.15, 0.2) is 5.84 Å². The molecule has 1 aliphatic rings. The smallest absolute Gasteiger partial charge is 0.160 e. The van der Waals surface area contributed by atoms with Crippen molar-refractivity contribution >= 4 is 55.2 Å². The van der Waals surface area contributed by atoms with Gasteiger partial charge in [0.25, 0.3) is 0 Å². The molecule has 0 aliphatic carbocycles. The van der Waals surface area contributed by atoms with Gasteiger partial charge in [0.05, 0.1) is 0 Å². The number of hydrogen-bond donors (Lipinski definition) is 1. The molecule has 0 saturated carbocycles. The van der Waals surface area contributed by atoms with Crippen LogP contribution in [0.1, 0.15) is 22.9 Å². The summed E-state index contributed by atoms with van der Waals surface area (Å²) in [6.45, 7) is 0. The molecule has 0 fully saturated rings. The van der Waals surface area contributed by atoms with E-state index in [-0.39, 0.29) is 6.17 Å². The van der Waals surface area contributed by atoms with Crippen molar-refractivity contribution in [3.8, 4) is 11.1 Å². The molecule has 2 heterocycles. The zero-order valence-electron chi connectivity index (χ0n) is 24.3. The lowest BCUT2D eigenvalue weighted by atomic mass is 9.93. The molecule has 1 aliphatic heterocycles. The molecule has 4 heteroatoms. The number of aliphatic imine (C=N–C) groups is 2. The largest absolute Gasteiger partial charge is 0.456 e. The Morgan fingerprint density at radius 2 is 1.24 bits per heavy atom. The van der Waals surface area contributed by atoms with Gasteiger partial charge < -0.3 is 9.73 Å². The summed E-state index contributed by atoms with van der Waals surface area (Å²) in [5.74, 6) is 1.48. The zero-order valence-corrected chi connectivity index (χ0v) is 24.3. The fourth-order valence-electron chi connectivity index (χ4n) is 6.59. The van der Waals surface area contributed by atoms with Crippen LogP contribution in [0.15, 0.2) is 166 Å². The molecule has 0 saturated heterocycles. The molecule has 0 amide bonds. The highest BCUT2D eigenvalue weighted by Crippen LogP contribution is 2.39. The fourth-order valence-corrected chi connectivity index (χ4v) is 6.59. The Balaban J connectivity index is 1.22. The third-order valence-electron chi connectivity index (χ3n) is 8.72. The van der Waals surface area contributed by atoms with Gasteiger partial charge in [-0.15, -0.1) is 0 Å². The van der Waals surface area contributed by atoms with Crippen LogP contribution in [-0.2, 0) is 0 Å². The van der Waals surface area contributed by atoms with E-state index in [2.05, 4.69) is 108 Å². The number of furan rings is 1. The molecule has 0 radical (unpaired) electrons. The molecule has 212 valence electrons. The van der Waals surface area contributed by atoms with E-state index in [0.29, 0.717) is 5.84 Å². The summed E-state index contributed by atoms with van der Waals surface area (Å²) in [6, 6.07) is 52.8. The number of rotatable bonds is 4. The highest BCUT2D eigenvalue weighted by molar-refractivity contribution is 6.22. The summed E-state index contributed by atoms with van der Waals surface area (Å²) in [6.07, 6.45) is -0.268. The minimum absolute atomic E-state index is 0.268. The summed E-state index contributed by atoms with van der Waals surface area (Å²) in [5, 5.41) is 10.6. The third-order valence-corrected chi connectivity index (χ3v) is 8.72. The molecular weight excluding hydrogens is 550 g/mol. The van der Waals surface area contributed by atoms with E-state index in [4.69, 9.17) is 14.4 Å². The van der Waals surface area contributed by atoms with E-state index in [0.717, 1.165) is 50.0 Å². The van der Waals surface area contributed by atoms with Crippen molar-refractivity contribution in [1.82, 2.24) is 5.32 Å². The predicted molar refractivity (Wildman–Crippen MR) is 186 cm³/mol. The molecule has 1 atom stereocenters. The van der Waals surface area contributed by atoms with E-state index < -0.39 is 0 Å². The highest BCUT2D eigenvalue weighted by atomic mass is 16.3. The van der Waals surface area contributed by atoms with Crippen molar-refractivity contribution in [3.05, 3.63) is 168 Å². The SMILES string of the molecule is c1ccc(C2=NC(c3cccc4oc5cc(-c6cc7ccccc7c7ccccc67)ccc5c34)=NC(c3ccccc3)N2)cc1. The maximum absolute atomic E-state index is 6.55. The van der Waals surface area contributed by atoms with Gasteiger partial charge in [-0.3, -0.25) is 0 Å². The Labute approximate surface area is 260 Å². The minimum atomic E-state index is -0.268. The molecule has 1 N–H and O–H groups in total. The second-order valence-electron chi connectivity index (χ2n) is 11.4. The zero-order chi connectivity index (χ0) is 29.7. The maximum atomic E-state index is 6.55. The standard InChI is InChI=1S/C41H27N3O/c1-3-12-26(13-4-1)39-42-40(27-14-5-2-6-15-27)44-41(43-39)34-20-11-21-36-38(34)33-23-22-29(25-37(33)45-36)35-24-28-16-7-8-17-30(28)31-18-9-10-19-32(31)35/h1-25,39H,(H,42,43,44). The topological polar surface area (TPSA) is 49.9 Å². The number of benzene rings is 7. The summed E-state index contributed by atoms with van der Waals surface area (Å²) in [5.41, 5.74) is 7.02. The van der Waals surface area contributed by atoms with Crippen LogP contribution in [0.5, 0.6) is 0 Å². The monoisotopic (exact) mass is 577 g/mol. The first-order chi connectivity index (χ1) is 22.3. The van der Waals surface area contributed by atoms with Gasteiger partial charge in [0.1, 0.15) is 23.2 Å². The summed E-state index contributed by atoms with van der Waals surface area (Å²) >= 11 is 0. The quantitative estimate of drug-likeness (QED) is 0.212. The molecule has 9 rings (SSSR count). The molecular formula is C41H27N3O. The van der Waals surface area contributed by atoms with Crippen molar-refractivity contribution in [1.29, 1.82) is 0 Å². The van der Waals surface area contributed by atoms with Gasteiger partial charge in [-0.2, -0.15) is 0 Å². The van der Waals surface area contributed by atoms with Gasteiger partial charge in [0, 0.05) is 21.9 Å². The summed E-state index contributed by atoms with van der Waals surface area (Å²) in [4.78, 5) is 10.2. The lowest BCUT2D eigenvalue weighted by Gasteiger charge is -2.23. The molecule has 8 aromatic rings. The maximum Gasteiger partial charge on any atom is 0.160 e. The molecule has 45 heavy (non-hydrogen) atoms. The van der Waals surface area contributed by atoms with E-state index in [1.165, 1.54) is 27.1 Å². The van der Waals surface area contributed by atoms with Crippen molar-refractivity contribution in [2.24, 2.45) is 9.98 Å². The van der Waals surface area contributed by atoms with Crippen LogP contribution < -0.4 is 5.32 Å². The molecule has 7 aromatic carbocycles. The molecule has 0 spiro atoms. The lowest BCUT2D eigenvalue weighted by molar-refractivity contribution is 0.668. The van der Waals surface area contributed by atoms with Crippen molar-refractivity contribution in [2.75, 3.05) is 0 Å². The molecule has 4 nitrogen and oxygen atoms in total. The van der Waals surface area contributed by atoms with Gasteiger partial charge in [-0.05, 0) is 62.5 Å². The predicted octanol–water partition coefficient (Wildman–Crippen LogP) is 10.1. The van der Waals surface area contributed by atoms with Crippen LogP contribution in [0.3, 0.4) is 0 Å². The van der Waals surface area contributed by atoms with Gasteiger partial charge >= 0.3 is 0 Å². The first-order valence-corrected chi connectivity index (χ1v) is 15.2. The van der Waals surface area contributed by atoms with Crippen molar-refractivity contribution in [2.45, 2.75) is 6.17 Å². The summed E-state index contributed by atoms with van der Waals surface area (Å²) in [7, 11) is 0. The van der Waals surface area contributed by atoms with E-state index in [9.17, 15) is 0 Å². The van der Waals surface area contributed by atoms with Gasteiger partial charge in [-0.1, -0.05) is 127 Å². The van der Waals surface area contributed by atoms with Crippen LogP contribution in [0.4, 0.5) is 0 Å². The average molecular weight is 578 g/mol. The lowest BCUT2D eigenvalue weighted by Crippen LogP contribution is -2.33. The number of hydrogen-bond acceptors (Lipinski definition) is 4. The van der Waals surface area contributed by atoms with Crippen LogP contribution in [0.2, 0.25) is 0 Å². The molecule has 0 bridgehead atoms. The van der Waals surface area contributed by atoms with Crippen LogP contribution in [0, 0.1) is 0 Å². The Morgan fingerprint density at radius 3 is 2.09 bits per heavy atom. The summed E-state index contributed by atoms with van der Waals surface area (Å²) < 4.78 is 6.55. The van der Waals surface area contributed by atoms with E-state index in [1.54, 1.807) is 0 Å². The number of fused-ring (bicyclic) bond motifs is 6. The van der Waals surface area contributed by atoms with Crippen LogP contribution in [-0.4, -0.2) is 11.7 Å². The Bertz CT molecular complexity index is 2460. The second-order valence-corrected chi connectivity index (χ2v) is 11.4. The molecule has 1 aromatic heterocycles. The number of nitrogens with one attached hydrogen (secondary N) is 1. The molecule has 1 unspecified atom stereocenters. The number of amidine groups is 2.